The second kappa shape index (κ2) is 8.84. The number of rotatable bonds is 7. The molecule has 0 spiro atoms. The summed E-state index contributed by atoms with van der Waals surface area (Å²) in [6, 6.07) is 15.3. The zero-order valence-corrected chi connectivity index (χ0v) is 14.1. The molecule has 0 saturated heterocycles. The van der Waals surface area contributed by atoms with Gasteiger partial charge in [-0.2, -0.15) is 0 Å². The van der Waals surface area contributed by atoms with Crippen molar-refractivity contribution in [3.05, 3.63) is 70.8 Å². The number of aryl methyl sites for hydroxylation is 1. The minimum absolute atomic E-state index is 0.0771. The molecule has 24 heavy (non-hydrogen) atoms. The van der Waals surface area contributed by atoms with Gasteiger partial charge < -0.3 is 16.0 Å². The third kappa shape index (κ3) is 5.52. The maximum atomic E-state index is 12.3. The molecule has 126 valence electrons. The molecule has 0 fully saturated rings. The second-order valence-electron chi connectivity index (χ2n) is 5.68. The summed E-state index contributed by atoms with van der Waals surface area (Å²) in [6.07, 6.45) is 0. The van der Waals surface area contributed by atoms with E-state index in [-0.39, 0.29) is 18.4 Å². The zero-order valence-electron chi connectivity index (χ0n) is 14.1. The lowest BCUT2D eigenvalue weighted by molar-refractivity contribution is -0.120. The lowest BCUT2D eigenvalue weighted by Gasteiger charge is -2.08. The van der Waals surface area contributed by atoms with Crippen LogP contribution < -0.4 is 16.0 Å². The van der Waals surface area contributed by atoms with Gasteiger partial charge in [-0.1, -0.05) is 42.0 Å². The van der Waals surface area contributed by atoms with E-state index in [9.17, 15) is 9.59 Å². The van der Waals surface area contributed by atoms with Gasteiger partial charge in [-0.05, 0) is 37.2 Å². The third-order valence-electron chi connectivity index (χ3n) is 3.59. The normalized spacial score (nSPS) is 10.2. The Morgan fingerprint density at radius 3 is 2.33 bits per heavy atom. The highest BCUT2D eigenvalue weighted by atomic mass is 16.2. The summed E-state index contributed by atoms with van der Waals surface area (Å²) in [7, 11) is 1.72. The molecule has 0 bridgehead atoms. The molecule has 0 heterocycles. The number of benzene rings is 2. The number of hydrogen-bond acceptors (Lipinski definition) is 3. The minimum atomic E-state index is -0.126. The maximum absolute atomic E-state index is 12.3. The second-order valence-corrected chi connectivity index (χ2v) is 5.68. The fraction of sp³-hybridized carbons (Fsp3) is 0.263. The summed E-state index contributed by atoms with van der Waals surface area (Å²) >= 11 is 0. The molecule has 3 N–H and O–H groups in total. The maximum Gasteiger partial charge on any atom is 0.251 e. The molecule has 0 aromatic heterocycles. The number of hydrogen-bond donors (Lipinski definition) is 3. The van der Waals surface area contributed by atoms with Crippen LogP contribution in [0.15, 0.2) is 48.5 Å². The smallest absolute Gasteiger partial charge is 0.251 e. The van der Waals surface area contributed by atoms with Crippen molar-refractivity contribution in [1.29, 1.82) is 0 Å². The van der Waals surface area contributed by atoms with E-state index in [4.69, 9.17) is 0 Å². The number of nitrogens with one attached hydrogen (secondary N) is 3. The molecule has 0 aliphatic rings. The summed E-state index contributed by atoms with van der Waals surface area (Å²) in [4.78, 5) is 23.7. The van der Waals surface area contributed by atoms with Crippen LogP contribution in [-0.4, -0.2) is 25.4 Å². The van der Waals surface area contributed by atoms with Crippen molar-refractivity contribution in [1.82, 2.24) is 16.0 Å². The first kappa shape index (κ1) is 17.7. The molecule has 5 heteroatoms. The molecule has 5 nitrogen and oxygen atoms in total. The van der Waals surface area contributed by atoms with E-state index in [1.165, 1.54) is 5.56 Å². The molecule has 0 aliphatic carbocycles. The van der Waals surface area contributed by atoms with Crippen LogP contribution in [0.2, 0.25) is 0 Å². The van der Waals surface area contributed by atoms with E-state index >= 15 is 0 Å². The Morgan fingerprint density at radius 1 is 0.917 bits per heavy atom. The molecular weight excluding hydrogens is 302 g/mol. The van der Waals surface area contributed by atoms with Gasteiger partial charge in [0.1, 0.15) is 0 Å². The van der Waals surface area contributed by atoms with Gasteiger partial charge in [0.2, 0.25) is 5.91 Å². The number of carbonyl (C=O) groups is 2. The fourth-order valence-electron chi connectivity index (χ4n) is 2.24. The first-order valence-electron chi connectivity index (χ1n) is 7.92. The predicted octanol–water partition coefficient (Wildman–Crippen LogP) is 1.76. The Balaban J connectivity index is 1.91. The van der Waals surface area contributed by atoms with E-state index in [1.54, 1.807) is 19.2 Å². The van der Waals surface area contributed by atoms with Crippen molar-refractivity contribution in [3.8, 4) is 0 Å². The minimum Gasteiger partial charge on any atom is -0.351 e. The molecule has 0 atom stereocenters. The van der Waals surface area contributed by atoms with E-state index in [0.717, 1.165) is 11.1 Å². The third-order valence-corrected chi connectivity index (χ3v) is 3.59. The first-order valence-corrected chi connectivity index (χ1v) is 7.92. The molecule has 2 aromatic carbocycles. The van der Waals surface area contributed by atoms with Crippen LogP contribution in [0.1, 0.15) is 27.0 Å². The molecule has 2 amide bonds. The van der Waals surface area contributed by atoms with Gasteiger partial charge >= 0.3 is 0 Å². The first-order chi connectivity index (χ1) is 11.6. The average Bonchev–Trinajstić information content (AvgIpc) is 2.60. The molecule has 0 aliphatic heterocycles. The van der Waals surface area contributed by atoms with Gasteiger partial charge in [0.25, 0.3) is 5.91 Å². The van der Waals surface area contributed by atoms with Gasteiger partial charge in [0.15, 0.2) is 0 Å². The highest BCUT2D eigenvalue weighted by Gasteiger charge is 2.07. The van der Waals surface area contributed by atoms with Crippen molar-refractivity contribution >= 4 is 11.8 Å². The van der Waals surface area contributed by atoms with Gasteiger partial charge in [-0.3, -0.25) is 9.59 Å². The highest BCUT2D eigenvalue weighted by molar-refractivity contribution is 5.94. The molecule has 0 radical (unpaired) electrons. The standard InChI is InChI=1S/C19H23N3O2/c1-14-6-8-15(9-7-14)11-22-19(24)17-5-3-4-16(10-17)12-21-18(23)13-20-2/h3-10,20H,11-13H2,1-2H3,(H,21,23)(H,22,24). The van der Waals surface area contributed by atoms with Crippen LogP contribution in [0.4, 0.5) is 0 Å². The summed E-state index contributed by atoms with van der Waals surface area (Å²) in [5.74, 6) is -0.203. The van der Waals surface area contributed by atoms with Crippen molar-refractivity contribution in [2.24, 2.45) is 0 Å². The fourth-order valence-corrected chi connectivity index (χ4v) is 2.24. The van der Waals surface area contributed by atoms with Crippen LogP contribution >= 0.6 is 0 Å². The Bertz CT molecular complexity index is 696. The van der Waals surface area contributed by atoms with Gasteiger partial charge in [0, 0.05) is 18.7 Å². The van der Waals surface area contributed by atoms with Crippen LogP contribution in [-0.2, 0) is 17.9 Å². The number of likely N-dealkylation sites (N-methyl/N-ethyl adjacent to an activating group) is 1. The summed E-state index contributed by atoms with van der Waals surface area (Å²) in [5.41, 5.74) is 3.73. The molecule has 2 rings (SSSR count). The monoisotopic (exact) mass is 325 g/mol. The lowest BCUT2D eigenvalue weighted by Crippen LogP contribution is -2.31. The Labute approximate surface area is 142 Å². The van der Waals surface area contributed by atoms with E-state index < -0.39 is 0 Å². The summed E-state index contributed by atoms with van der Waals surface area (Å²) in [6.45, 7) is 3.20. The van der Waals surface area contributed by atoms with Crippen molar-refractivity contribution in [2.45, 2.75) is 20.0 Å². The van der Waals surface area contributed by atoms with Crippen molar-refractivity contribution < 1.29 is 9.59 Å². The Morgan fingerprint density at radius 2 is 1.62 bits per heavy atom. The van der Waals surface area contributed by atoms with Gasteiger partial charge in [-0.15, -0.1) is 0 Å². The topological polar surface area (TPSA) is 70.2 Å². The Kier molecular flexibility index (Phi) is 6.51. The summed E-state index contributed by atoms with van der Waals surface area (Å²) < 4.78 is 0. The van der Waals surface area contributed by atoms with Crippen LogP contribution in [0.3, 0.4) is 0 Å². The number of carbonyl (C=O) groups excluding carboxylic acids is 2. The molecule has 0 saturated carbocycles. The SMILES string of the molecule is CNCC(=O)NCc1cccc(C(=O)NCc2ccc(C)cc2)c1. The molecular formula is C19H23N3O2. The zero-order chi connectivity index (χ0) is 17.4. The molecule has 2 aromatic rings. The average molecular weight is 325 g/mol. The quantitative estimate of drug-likeness (QED) is 0.726. The van der Waals surface area contributed by atoms with Crippen molar-refractivity contribution in [2.75, 3.05) is 13.6 Å². The van der Waals surface area contributed by atoms with Gasteiger partial charge in [0.05, 0.1) is 6.54 Å². The van der Waals surface area contributed by atoms with Crippen LogP contribution in [0.25, 0.3) is 0 Å². The predicted molar refractivity (Wildman–Crippen MR) is 94.6 cm³/mol. The Hall–Kier alpha value is -2.66. The van der Waals surface area contributed by atoms with Crippen LogP contribution in [0.5, 0.6) is 0 Å². The van der Waals surface area contributed by atoms with Crippen molar-refractivity contribution in [3.63, 3.8) is 0 Å². The highest BCUT2D eigenvalue weighted by Crippen LogP contribution is 2.07. The van der Waals surface area contributed by atoms with E-state index in [0.29, 0.717) is 18.7 Å². The van der Waals surface area contributed by atoms with E-state index in [1.807, 2.05) is 43.3 Å². The van der Waals surface area contributed by atoms with Gasteiger partial charge in [-0.25, -0.2) is 0 Å². The summed E-state index contributed by atoms with van der Waals surface area (Å²) in [5, 5.41) is 8.50. The number of amides is 2. The lowest BCUT2D eigenvalue weighted by atomic mass is 10.1. The molecule has 0 unspecified atom stereocenters. The van der Waals surface area contributed by atoms with E-state index in [2.05, 4.69) is 16.0 Å². The van der Waals surface area contributed by atoms with Crippen LogP contribution in [0, 0.1) is 6.92 Å². The largest absolute Gasteiger partial charge is 0.351 e.